The third-order valence-electron chi connectivity index (χ3n) is 3.04. The van der Waals surface area contributed by atoms with Crippen LogP contribution in [0.2, 0.25) is 5.02 Å². The second-order valence-corrected chi connectivity index (χ2v) is 4.88. The molecule has 20 heavy (non-hydrogen) atoms. The van der Waals surface area contributed by atoms with Gasteiger partial charge in [0, 0.05) is 35.8 Å². The summed E-state index contributed by atoms with van der Waals surface area (Å²) >= 11 is 5.99. The number of amides is 1. The molecule has 5 nitrogen and oxygen atoms in total. The Morgan fingerprint density at radius 3 is 3.00 bits per heavy atom. The Bertz CT molecular complexity index is 610. The largest absolute Gasteiger partial charge is 0.392 e. The van der Waals surface area contributed by atoms with E-state index in [2.05, 4.69) is 5.32 Å². The van der Waals surface area contributed by atoms with Crippen LogP contribution in [0.3, 0.4) is 0 Å². The number of hydrogen-bond acceptors (Lipinski definition) is 3. The van der Waals surface area contributed by atoms with E-state index in [9.17, 15) is 9.90 Å². The fourth-order valence-electron chi connectivity index (χ4n) is 2.10. The molecule has 2 N–H and O–H groups in total. The topological polar surface area (TPSA) is 63.5 Å². The number of aliphatic hydroxyl groups is 1. The average molecular weight is 297 g/mol. The summed E-state index contributed by atoms with van der Waals surface area (Å²) in [5.74, 6) is -0.108. The third-order valence-corrected chi connectivity index (χ3v) is 3.27. The summed E-state index contributed by atoms with van der Waals surface area (Å²) in [6.07, 6.45) is 1.77. The fraction of sp³-hybridized carbons (Fsp3) is 0.357. The Morgan fingerprint density at radius 2 is 2.30 bits per heavy atom. The normalized spacial score (nSPS) is 10.9. The lowest BCUT2D eigenvalue weighted by Gasteiger charge is -2.07. The summed E-state index contributed by atoms with van der Waals surface area (Å²) in [5, 5.41) is 13.6. The van der Waals surface area contributed by atoms with Gasteiger partial charge in [0.25, 0.3) is 0 Å². The van der Waals surface area contributed by atoms with E-state index in [4.69, 9.17) is 16.3 Å². The van der Waals surface area contributed by atoms with E-state index in [0.717, 1.165) is 16.5 Å². The SMILES string of the molecule is COCCNC(=O)Cn1cc(CO)c2ccc(Cl)cc21. The minimum Gasteiger partial charge on any atom is -0.392 e. The highest BCUT2D eigenvalue weighted by Gasteiger charge is 2.11. The van der Waals surface area contributed by atoms with Gasteiger partial charge in [0.05, 0.1) is 18.7 Å². The number of rotatable bonds is 6. The molecule has 0 aliphatic heterocycles. The Morgan fingerprint density at radius 1 is 1.50 bits per heavy atom. The van der Waals surface area contributed by atoms with Gasteiger partial charge in [0.2, 0.25) is 5.91 Å². The molecule has 2 aromatic rings. The van der Waals surface area contributed by atoms with Gasteiger partial charge >= 0.3 is 0 Å². The maximum absolute atomic E-state index is 11.8. The molecule has 0 aliphatic carbocycles. The van der Waals surface area contributed by atoms with Crippen molar-refractivity contribution in [1.29, 1.82) is 0 Å². The van der Waals surface area contributed by atoms with Crippen molar-refractivity contribution in [2.45, 2.75) is 13.2 Å². The van der Waals surface area contributed by atoms with Crippen LogP contribution in [0.5, 0.6) is 0 Å². The zero-order valence-electron chi connectivity index (χ0n) is 11.2. The summed E-state index contributed by atoms with van der Waals surface area (Å²) in [7, 11) is 1.58. The van der Waals surface area contributed by atoms with Crippen molar-refractivity contribution in [3.63, 3.8) is 0 Å². The highest BCUT2D eigenvalue weighted by atomic mass is 35.5. The fourth-order valence-corrected chi connectivity index (χ4v) is 2.27. The number of ether oxygens (including phenoxy) is 1. The molecular formula is C14H17ClN2O3. The molecule has 6 heteroatoms. The van der Waals surface area contributed by atoms with Gasteiger partial charge in [-0.25, -0.2) is 0 Å². The van der Waals surface area contributed by atoms with Gasteiger partial charge in [-0.15, -0.1) is 0 Å². The second kappa shape index (κ2) is 6.74. The number of hydrogen-bond donors (Lipinski definition) is 2. The minimum atomic E-state index is -0.108. The van der Waals surface area contributed by atoms with Crippen LogP contribution in [0.15, 0.2) is 24.4 Å². The number of halogens is 1. The number of carbonyl (C=O) groups is 1. The van der Waals surface area contributed by atoms with Crippen molar-refractivity contribution in [2.24, 2.45) is 0 Å². The van der Waals surface area contributed by atoms with Gasteiger partial charge in [-0.3, -0.25) is 4.79 Å². The molecule has 0 atom stereocenters. The van der Waals surface area contributed by atoms with Crippen LogP contribution in [-0.2, 0) is 22.7 Å². The molecule has 108 valence electrons. The Kier molecular flexibility index (Phi) is 5.00. The van der Waals surface area contributed by atoms with Crippen LogP contribution in [0.1, 0.15) is 5.56 Å². The molecule has 0 fully saturated rings. The first-order valence-corrected chi connectivity index (χ1v) is 6.67. The summed E-state index contributed by atoms with van der Waals surface area (Å²) in [6, 6.07) is 5.41. The van der Waals surface area contributed by atoms with E-state index in [0.29, 0.717) is 18.2 Å². The van der Waals surface area contributed by atoms with Crippen LogP contribution in [0.4, 0.5) is 0 Å². The predicted molar refractivity (Wildman–Crippen MR) is 77.8 cm³/mol. The first-order valence-electron chi connectivity index (χ1n) is 6.29. The van der Waals surface area contributed by atoms with Gasteiger partial charge in [-0.05, 0) is 12.1 Å². The lowest BCUT2D eigenvalue weighted by atomic mass is 10.2. The molecule has 0 unspecified atom stereocenters. The van der Waals surface area contributed by atoms with E-state index in [-0.39, 0.29) is 19.1 Å². The molecule has 0 bridgehead atoms. The second-order valence-electron chi connectivity index (χ2n) is 4.44. The Balaban J connectivity index is 2.21. The average Bonchev–Trinajstić information content (AvgIpc) is 2.76. The van der Waals surface area contributed by atoms with Crippen LogP contribution in [-0.4, -0.2) is 35.8 Å². The molecule has 0 saturated heterocycles. The number of carbonyl (C=O) groups excluding carboxylic acids is 1. The van der Waals surface area contributed by atoms with Crippen molar-refractivity contribution in [2.75, 3.05) is 20.3 Å². The molecule has 0 saturated carbocycles. The minimum absolute atomic E-state index is 0.0730. The molecule has 1 aromatic carbocycles. The Labute approximate surface area is 122 Å². The highest BCUT2D eigenvalue weighted by Crippen LogP contribution is 2.24. The smallest absolute Gasteiger partial charge is 0.240 e. The number of fused-ring (bicyclic) bond motifs is 1. The van der Waals surface area contributed by atoms with Crippen LogP contribution in [0.25, 0.3) is 10.9 Å². The highest BCUT2D eigenvalue weighted by molar-refractivity contribution is 6.31. The van der Waals surface area contributed by atoms with E-state index >= 15 is 0 Å². The lowest BCUT2D eigenvalue weighted by Crippen LogP contribution is -2.30. The molecule has 0 aliphatic rings. The number of methoxy groups -OCH3 is 1. The zero-order chi connectivity index (χ0) is 14.5. The summed E-state index contributed by atoms with van der Waals surface area (Å²) in [4.78, 5) is 11.8. The van der Waals surface area contributed by atoms with Crippen molar-refractivity contribution < 1.29 is 14.6 Å². The molecule has 1 heterocycles. The van der Waals surface area contributed by atoms with Crippen LogP contribution in [0, 0.1) is 0 Å². The van der Waals surface area contributed by atoms with Crippen LogP contribution < -0.4 is 5.32 Å². The molecular weight excluding hydrogens is 280 g/mol. The monoisotopic (exact) mass is 296 g/mol. The van der Waals surface area contributed by atoms with Crippen molar-refractivity contribution in [3.8, 4) is 0 Å². The van der Waals surface area contributed by atoms with Crippen molar-refractivity contribution in [3.05, 3.63) is 35.0 Å². The first kappa shape index (κ1) is 14.8. The number of aromatic nitrogens is 1. The molecule has 1 amide bonds. The van der Waals surface area contributed by atoms with Gasteiger partial charge in [-0.1, -0.05) is 17.7 Å². The maximum atomic E-state index is 11.8. The molecule has 1 aromatic heterocycles. The zero-order valence-corrected chi connectivity index (χ0v) is 12.0. The van der Waals surface area contributed by atoms with Crippen LogP contribution >= 0.6 is 11.6 Å². The van der Waals surface area contributed by atoms with Gasteiger partial charge in [0.15, 0.2) is 0 Å². The number of nitrogens with one attached hydrogen (secondary N) is 1. The van der Waals surface area contributed by atoms with E-state index < -0.39 is 0 Å². The Hall–Kier alpha value is -1.56. The quantitative estimate of drug-likeness (QED) is 0.795. The predicted octanol–water partition coefficient (Wildman–Crippen LogP) is 1.55. The first-order chi connectivity index (χ1) is 9.65. The summed E-state index contributed by atoms with van der Waals surface area (Å²) in [5.41, 5.74) is 1.62. The number of nitrogens with zero attached hydrogens (tertiary/aromatic N) is 1. The molecule has 0 spiro atoms. The maximum Gasteiger partial charge on any atom is 0.240 e. The summed E-state index contributed by atoms with van der Waals surface area (Å²) in [6.45, 7) is 1.06. The number of aliphatic hydroxyl groups excluding tert-OH is 1. The lowest BCUT2D eigenvalue weighted by molar-refractivity contribution is -0.121. The van der Waals surface area contributed by atoms with Crippen molar-refractivity contribution in [1.82, 2.24) is 9.88 Å². The number of benzene rings is 1. The molecule has 2 rings (SSSR count). The summed E-state index contributed by atoms with van der Waals surface area (Å²) < 4.78 is 6.66. The van der Waals surface area contributed by atoms with Gasteiger partial charge in [-0.2, -0.15) is 0 Å². The van der Waals surface area contributed by atoms with Gasteiger partial charge < -0.3 is 19.7 Å². The third kappa shape index (κ3) is 3.30. The van der Waals surface area contributed by atoms with E-state index in [1.54, 1.807) is 30.0 Å². The van der Waals surface area contributed by atoms with Gasteiger partial charge in [0.1, 0.15) is 6.54 Å². The van der Waals surface area contributed by atoms with E-state index in [1.165, 1.54) is 0 Å². The molecule has 0 radical (unpaired) electrons. The standard InChI is InChI=1S/C14H17ClN2O3/c1-20-5-4-16-14(19)8-17-7-10(9-18)12-3-2-11(15)6-13(12)17/h2-3,6-7,18H,4-5,8-9H2,1H3,(H,16,19). The van der Waals surface area contributed by atoms with E-state index in [1.807, 2.05) is 6.07 Å². The van der Waals surface area contributed by atoms with Crippen molar-refractivity contribution >= 4 is 28.4 Å².